The van der Waals surface area contributed by atoms with Crippen LogP contribution in [0.4, 0.5) is 0 Å². The maximum absolute atomic E-state index is 11.6. The van der Waals surface area contributed by atoms with Gasteiger partial charge in [0.1, 0.15) is 0 Å². The van der Waals surface area contributed by atoms with Crippen molar-refractivity contribution in [1.29, 1.82) is 0 Å². The second-order valence-electron chi connectivity index (χ2n) is 5.54. The van der Waals surface area contributed by atoms with Gasteiger partial charge >= 0.3 is 0 Å². The highest BCUT2D eigenvalue weighted by Gasteiger charge is 2.23. The maximum atomic E-state index is 11.6. The van der Waals surface area contributed by atoms with Crippen LogP contribution in [-0.4, -0.2) is 41.5 Å². The Kier molecular flexibility index (Phi) is 6.60. The summed E-state index contributed by atoms with van der Waals surface area (Å²) in [6.45, 7) is 5.35. The smallest absolute Gasteiger partial charge is 0.221 e. The van der Waals surface area contributed by atoms with E-state index in [1.807, 2.05) is 6.20 Å². The number of rotatable bonds is 7. The van der Waals surface area contributed by atoms with E-state index >= 15 is 0 Å². The lowest BCUT2D eigenvalue weighted by atomic mass is 10.0. The van der Waals surface area contributed by atoms with Gasteiger partial charge in [-0.1, -0.05) is 13.3 Å². The Bertz CT molecular complexity index is 449. The average Bonchev–Trinajstić information content (AvgIpc) is 2.94. The Hall–Kier alpha value is -0.980. The molecule has 1 aliphatic rings. The van der Waals surface area contributed by atoms with Crippen LogP contribution in [0.25, 0.3) is 0 Å². The van der Waals surface area contributed by atoms with Gasteiger partial charge in [0.05, 0.1) is 5.01 Å². The molecule has 1 atom stereocenters. The summed E-state index contributed by atoms with van der Waals surface area (Å²) in [5.41, 5.74) is 5.41. The number of nitrogens with two attached hydrogens (primary N) is 1. The van der Waals surface area contributed by atoms with Crippen molar-refractivity contribution in [3.8, 4) is 0 Å². The van der Waals surface area contributed by atoms with Crippen molar-refractivity contribution in [2.24, 2.45) is 5.73 Å². The highest BCUT2D eigenvalue weighted by molar-refractivity contribution is 7.11. The number of carbonyl (C=O) groups is 1. The molecular formula is C15H26N4OS. The fourth-order valence-corrected chi connectivity index (χ4v) is 3.62. The fourth-order valence-electron chi connectivity index (χ4n) is 2.74. The third-order valence-electron chi connectivity index (χ3n) is 3.92. The number of thiazole rings is 1. The van der Waals surface area contributed by atoms with Crippen LogP contribution in [0, 0.1) is 0 Å². The zero-order valence-corrected chi connectivity index (χ0v) is 13.6. The third-order valence-corrected chi connectivity index (χ3v) is 5.04. The molecule has 2 rings (SSSR count). The molecule has 1 saturated heterocycles. The molecule has 0 aromatic carbocycles. The van der Waals surface area contributed by atoms with Crippen molar-refractivity contribution >= 4 is 17.2 Å². The molecular weight excluding hydrogens is 284 g/mol. The summed E-state index contributed by atoms with van der Waals surface area (Å²) < 4.78 is 0. The van der Waals surface area contributed by atoms with Crippen LogP contribution in [0.15, 0.2) is 6.20 Å². The first kappa shape index (κ1) is 16.4. The lowest BCUT2D eigenvalue weighted by molar-refractivity contribution is -0.121. The van der Waals surface area contributed by atoms with Gasteiger partial charge in [-0.15, -0.1) is 11.3 Å². The lowest BCUT2D eigenvalue weighted by Crippen LogP contribution is -2.46. The molecule has 1 aliphatic heterocycles. The molecule has 1 amide bonds. The minimum Gasteiger partial charge on any atom is -0.354 e. The first-order chi connectivity index (χ1) is 10.2. The Balaban J connectivity index is 1.87. The Morgan fingerprint density at radius 2 is 2.43 bits per heavy atom. The van der Waals surface area contributed by atoms with Gasteiger partial charge in [-0.05, 0) is 25.8 Å². The summed E-state index contributed by atoms with van der Waals surface area (Å²) >= 11 is 1.80. The van der Waals surface area contributed by atoms with Crippen molar-refractivity contribution in [2.45, 2.75) is 51.6 Å². The maximum Gasteiger partial charge on any atom is 0.221 e. The average molecular weight is 310 g/mol. The van der Waals surface area contributed by atoms with E-state index in [9.17, 15) is 4.79 Å². The van der Waals surface area contributed by atoms with E-state index in [4.69, 9.17) is 5.73 Å². The van der Waals surface area contributed by atoms with Crippen molar-refractivity contribution in [1.82, 2.24) is 15.2 Å². The fraction of sp³-hybridized carbons (Fsp3) is 0.733. The summed E-state index contributed by atoms with van der Waals surface area (Å²) in [6.07, 6.45) is 7.07. The van der Waals surface area contributed by atoms with Crippen LogP contribution < -0.4 is 11.1 Å². The predicted octanol–water partition coefficient (Wildman–Crippen LogP) is 1.53. The highest BCUT2D eigenvalue weighted by Crippen LogP contribution is 2.22. The quantitative estimate of drug-likeness (QED) is 0.801. The molecule has 1 aromatic rings. The van der Waals surface area contributed by atoms with Gasteiger partial charge in [0, 0.05) is 43.2 Å². The van der Waals surface area contributed by atoms with E-state index in [1.165, 1.54) is 22.7 Å². The molecule has 6 heteroatoms. The Morgan fingerprint density at radius 3 is 3.14 bits per heavy atom. The molecule has 5 nitrogen and oxygen atoms in total. The van der Waals surface area contributed by atoms with Crippen LogP contribution in [-0.2, 0) is 17.8 Å². The largest absolute Gasteiger partial charge is 0.354 e. The van der Waals surface area contributed by atoms with Gasteiger partial charge in [0.25, 0.3) is 0 Å². The zero-order chi connectivity index (χ0) is 15.1. The molecule has 21 heavy (non-hydrogen) atoms. The molecule has 1 fully saturated rings. The van der Waals surface area contributed by atoms with Crippen LogP contribution in [0.3, 0.4) is 0 Å². The number of aryl methyl sites for hydroxylation is 1. The number of hydrogen-bond acceptors (Lipinski definition) is 5. The highest BCUT2D eigenvalue weighted by atomic mass is 32.1. The molecule has 2 heterocycles. The van der Waals surface area contributed by atoms with Crippen molar-refractivity contribution in [3.05, 3.63) is 16.1 Å². The molecule has 1 aromatic heterocycles. The SMILES string of the molecule is CCc1ncc(CN2CCCCC2CNC(=O)CCN)s1. The van der Waals surface area contributed by atoms with Gasteiger partial charge in [-0.3, -0.25) is 9.69 Å². The van der Waals surface area contributed by atoms with Crippen molar-refractivity contribution in [2.75, 3.05) is 19.6 Å². The molecule has 0 bridgehead atoms. The summed E-state index contributed by atoms with van der Waals surface area (Å²) in [5, 5.41) is 4.22. The third kappa shape index (κ3) is 5.05. The van der Waals surface area contributed by atoms with E-state index in [-0.39, 0.29) is 5.91 Å². The van der Waals surface area contributed by atoms with Crippen LogP contribution in [0.2, 0.25) is 0 Å². The lowest BCUT2D eigenvalue weighted by Gasteiger charge is -2.35. The summed E-state index contributed by atoms with van der Waals surface area (Å²) in [4.78, 5) is 19.8. The van der Waals surface area contributed by atoms with Gasteiger partial charge in [-0.25, -0.2) is 4.98 Å². The molecule has 1 unspecified atom stereocenters. The van der Waals surface area contributed by atoms with E-state index in [0.717, 1.165) is 32.5 Å². The van der Waals surface area contributed by atoms with Gasteiger partial charge in [-0.2, -0.15) is 0 Å². The summed E-state index contributed by atoms with van der Waals surface area (Å²) in [5.74, 6) is 0.0640. The van der Waals surface area contributed by atoms with Gasteiger partial charge in [0.2, 0.25) is 5.91 Å². The molecule has 118 valence electrons. The first-order valence-corrected chi connectivity index (χ1v) is 8.69. The normalized spacial score (nSPS) is 19.6. The van der Waals surface area contributed by atoms with Gasteiger partial charge < -0.3 is 11.1 Å². The first-order valence-electron chi connectivity index (χ1n) is 7.87. The summed E-state index contributed by atoms with van der Waals surface area (Å²) in [6, 6.07) is 0.438. The van der Waals surface area contributed by atoms with E-state index in [1.54, 1.807) is 11.3 Å². The topological polar surface area (TPSA) is 71.2 Å². The molecule has 3 N–H and O–H groups in total. The molecule has 0 spiro atoms. The minimum absolute atomic E-state index is 0.0640. The van der Waals surface area contributed by atoms with Gasteiger partial charge in [0.15, 0.2) is 0 Å². The molecule has 0 radical (unpaired) electrons. The Morgan fingerprint density at radius 1 is 1.57 bits per heavy atom. The number of hydrogen-bond donors (Lipinski definition) is 2. The standard InChI is InChI=1S/C15H26N4OS/c1-2-15-18-10-13(21-15)11-19-8-4-3-5-12(19)9-17-14(20)6-7-16/h10,12H,2-9,11,16H2,1H3,(H,17,20). The number of amides is 1. The molecule has 0 saturated carbocycles. The number of nitrogens with zero attached hydrogens (tertiary/aromatic N) is 2. The summed E-state index contributed by atoms with van der Waals surface area (Å²) in [7, 11) is 0. The van der Waals surface area contributed by atoms with E-state index < -0.39 is 0 Å². The van der Waals surface area contributed by atoms with E-state index in [0.29, 0.717) is 19.0 Å². The predicted molar refractivity (Wildman–Crippen MR) is 86.2 cm³/mol. The van der Waals surface area contributed by atoms with E-state index in [2.05, 4.69) is 22.1 Å². The number of aromatic nitrogens is 1. The monoisotopic (exact) mass is 310 g/mol. The number of carbonyl (C=O) groups excluding carboxylic acids is 1. The Labute approximate surface area is 130 Å². The minimum atomic E-state index is 0.0640. The number of nitrogens with one attached hydrogen (secondary N) is 1. The number of piperidine rings is 1. The van der Waals surface area contributed by atoms with Crippen LogP contribution in [0.5, 0.6) is 0 Å². The second kappa shape index (κ2) is 8.46. The second-order valence-corrected chi connectivity index (χ2v) is 6.74. The van der Waals surface area contributed by atoms with Crippen molar-refractivity contribution in [3.63, 3.8) is 0 Å². The number of likely N-dealkylation sites (tertiary alicyclic amines) is 1. The van der Waals surface area contributed by atoms with Crippen LogP contribution >= 0.6 is 11.3 Å². The van der Waals surface area contributed by atoms with Crippen LogP contribution in [0.1, 0.15) is 42.5 Å². The zero-order valence-electron chi connectivity index (χ0n) is 12.8. The molecule has 0 aliphatic carbocycles. The van der Waals surface area contributed by atoms with Crippen molar-refractivity contribution < 1.29 is 4.79 Å².